The highest BCUT2D eigenvalue weighted by molar-refractivity contribution is 6.47. The van der Waals surface area contributed by atoms with Crippen LogP contribution in [-0.4, -0.2) is 23.5 Å². The lowest BCUT2D eigenvalue weighted by atomic mass is 10.5. The fraction of sp³-hybridized carbons (Fsp3) is 0.667. The van der Waals surface area contributed by atoms with Crippen LogP contribution in [0.1, 0.15) is 6.92 Å². The van der Waals surface area contributed by atoms with Crippen LogP contribution in [0, 0.1) is 12.3 Å². The van der Waals surface area contributed by atoms with Gasteiger partial charge in [0.1, 0.15) is 0 Å². The van der Waals surface area contributed by atoms with Crippen molar-refractivity contribution in [3.63, 3.8) is 0 Å². The van der Waals surface area contributed by atoms with E-state index in [1.165, 1.54) is 0 Å². The first-order chi connectivity index (χ1) is 4.26. The van der Waals surface area contributed by atoms with Crippen LogP contribution in [0.2, 0.25) is 5.54 Å². The minimum Gasteiger partial charge on any atom is -0.399 e. The quantitative estimate of drug-likeness (QED) is 0.425. The Morgan fingerprint density at radius 3 is 2.00 bits per heavy atom. The average molecular weight is 144 g/mol. The first kappa shape index (κ1) is 8.70. The Morgan fingerprint density at radius 1 is 1.44 bits per heavy atom. The summed E-state index contributed by atoms with van der Waals surface area (Å²) in [6, 6.07) is 0. The maximum absolute atomic E-state index is 5.15. The van der Waals surface area contributed by atoms with Crippen LogP contribution in [-0.2, 0) is 8.85 Å². The van der Waals surface area contributed by atoms with Crippen molar-refractivity contribution in [2.24, 2.45) is 0 Å². The molecule has 0 heterocycles. The van der Waals surface area contributed by atoms with E-state index < -0.39 is 9.28 Å². The summed E-state index contributed by atoms with van der Waals surface area (Å²) in [5.41, 5.74) is 0.153. The van der Waals surface area contributed by atoms with Gasteiger partial charge < -0.3 is 8.85 Å². The van der Waals surface area contributed by atoms with Gasteiger partial charge >= 0.3 is 9.28 Å². The van der Waals surface area contributed by atoms with E-state index in [1.54, 1.807) is 14.2 Å². The van der Waals surface area contributed by atoms with Crippen molar-refractivity contribution in [1.82, 2.24) is 0 Å². The van der Waals surface area contributed by atoms with Gasteiger partial charge in [-0.25, -0.2) is 0 Å². The smallest absolute Gasteiger partial charge is 0.336 e. The molecule has 0 bridgehead atoms. The number of rotatable bonds is 3. The topological polar surface area (TPSA) is 18.5 Å². The molecule has 0 aromatic rings. The molecule has 0 saturated heterocycles. The highest BCUT2D eigenvalue weighted by Gasteiger charge is 2.16. The molecule has 0 N–H and O–H groups in total. The molecule has 2 nitrogen and oxygen atoms in total. The van der Waals surface area contributed by atoms with Crippen LogP contribution in [0.4, 0.5) is 0 Å². The molecule has 3 heteroatoms. The molecule has 0 amide bonds. The molecule has 0 aliphatic rings. The Hall–Kier alpha value is -0.303. The number of terminal acetylenes is 1. The highest BCUT2D eigenvalue weighted by atomic mass is 28.3. The standard InChI is InChI=1S/C6H12O2Si/c1-5-6(2)9(7-3)8-4/h1,6,9H,2-4H3. The zero-order valence-corrected chi connectivity index (χ0v) is 7.20. The van der Waals surface area contributed by atoms with Gasteiger partial charge in [-0.1, -0.05) is 0 Å². The normalized spacial score (nSPS) is 13.2. The number of hydrogen-bond acceptors (Lipinski definition) is 2. The maximum atomic E-state index is 5.15. The largest absolute Gasteiger partial charge is 0.399 e. The second-order valence-electron chi connectivity index (χ2n) is 1.80. The van der Waals surface area contributed by atoms with Crippen LogP contribution in [0.25, 0.3) is 0 Å². The van der Waals surface area contributed by atoms with E-state index in [0.717, 1.165) is 0 Å². The molecule has 0 aromatic heterocycles. The molecule has 0 radical (unpaired) electrons. The van der Waals surface area contributed by atoms with Crippen LogP contribution < -0.4 is 0 Å². The molecular formula is C6H12O2Si. The summed E-state index contributed by atoms with van der Waals surface area (Å²) >= 11 is 0. The van der Waals surface area contributed by atoms with Crippen molar-refractivity contribution in [3.05, 3.63) is 0 Å². The second-order valence-corrected chi connectivity index (χ2v) is 4.47. The summed E-state index contributed by atoms with van der Waals surface area (Å²) in [5.74, 6) is 2.58. The van der Waals surface area contributed by atoms with Crippen molar-refractivity contribution in [3.8, 4) is 12.3 Å². The van der Waals surface area contributed by atoms with Crippen molar-refractivity contribution in [2.45, 2.75) is 12.5 Å². The first-order valence-corrected chi connectivity index (χ1v) is 4.39. The predicted octanol–water partition coefficient (Wildman–Crippen LogP) is 0.523. The second kappa shape index (κ2) is 4.56. The van der Waals surface area contributed by atoms with Crippen molar-refractivity contribution < 1.29 is 8.85 Å². The van der Waals surface area contributed by atoms with Crippen molar-refractivity contribution in [1.29, 1.82) is 0 Å². The van der Waals surface area contributed by atoms with Crippen LogP contribution >= 0.6 is 0 Å². The molecule has 0 spiro atoms. The summed E-state index contributed by atoms with van der Waals surface area (Å²) in [6.45, 7) is 1.93. The molecule has 0 saturated carbocycles. The predicted molar refractivity (Wildman–Crippen MR) is 39.4 cm³/mol. The van der Waals surface area contributed by atoms with Crippen molar-refractivity contribution >= 4 is 9.28 Å². The van der Waals surface area contributed by atoms with Crippen LogP contribution in [0.15, 0.2) is 0 Å². The van der Waals surface area contributed by atoms with E-state index in [0.29, 0.717) is 0 Å². The highest BCUT2D eigenvalue weighted by Crippen LogP contribution is 2.06. The summed E-state index contributed by atoms with van der Waals surface area (Å²) in [6.07, 6.45) is 5.15. The molecule has 0 aromatic carbocycles. The minimum atomic E-state index is -1.52. The molecule has 0 rings (SSSR count). The maximum Gasteiger partial charge on any atom is 0.336 e. The van der Waals surface area contributed by atoms with Gasteiger partial charge in [-0.3, -0.25) is 0 Å². The molecule has 0 aliphatic heterocycles. The molecule has 52 valence electrons. The zero-order valence-electron chi connectivity index (χ0n) is 6.05. The van der Waals surface area contributed by atoms with Gasteiger partial charge in [-0.05, 0) is 6.92 Å². The molecular weight excluding hydrogens is 132 g/mol. The number of hydrogen-bond donors (Lipinski definition) is 0. The fourth-order valence-corrected chi connectivity index (χ4v) is 1.75. The third-order valence-corrected chi connectivity index (χ3v) is 3.07. The van der Waals surface area contributed by atoms with Crippen molar-refractivity contribution in [2.75, 3.05) is 14.2 Å². The average Bonchev–Trinajstić information content (AvgIpc) is 1.90. The van der Waals surface area contributed by atoms with Gasteiger partial charge in [0.25, 0.3) is 0 Å². The van der Waals surface area contributed by atoms with E-state index in [-0.39, 0.29) is 5.54 Å². The Bertz CT molecular complexity index is 104. The van der Waals surface area contributed by atoms with Gasteiger partial charge in [-0.2, -0.15) is 0 Å². The van der Waals surface area contributed by atoms with E-state index >= 15 is 0 Å². The third-order valence-electron chi connectivity index (χ3n) is 1.14. The van der Waals surface area contributed by atoms with Gasteiger partial charge in [0.2, 0.25) is 0 Å². The summed E-state index contributed by atoms with van der Waals surface area (Å²) < 4.78 is 10.1. The van der Waals surface area contributed by atoms with E-state index in [2.05, 4.69) is 5.92 Å². The zero-order chi connectivity index (χ0) is 7.28. The molecule has 1 unspecified atom stereocenters. The lowest BCUT2D eigenvalue weighted by Gasteiger charge is -2.12. The Balaban J connectivity index is 3.67. The minimum absolute atomic E-state index is 0.153. The molecule has 1 atom stereocenters. The fourth-order valence-electron chi connectivity index (χ4n) is 0.583. The lowest BCUT2D eigenvalue weighted by Crippen LogP contribution is -2.23. The molecule has 0 aliphatic carbocycles. The third kappa shape index (κ3) is 2.66. The van der Waals surface area contributed by atoms with Crippen LogP contribution in [0.5, 0.6) is 0 Å². The van der Waals surface area contributed by atoms with Gasteiger partial charge in [0.15, 0.2) is 0 Å². The monoisotopic (exact) mass is 144 g/mol. The van der Waals surface area contributed by atoms with E-state index in [1.807, 2.05) is 6.92 Å². The van der Waals surface area contributed by atoms with E-state index in [9.17, 15) is 0 Å². The van der Waals surface area contributed by atoms with Crippen LogP contribution in [0.3, 0.4) is 0 Å². The van der Waals surface area contributed by atoms with Gasteiger partial charge in [-0.15, -0.1) is 12.3 Å². The summed E-state index contributed by atoms with van der Waals surface area (Å²) in [4.78, 5) is 0. The summed E-state index contributed by atoms with van der Waals surface area (Å²) in [7, 11) is 1.74. The first-order valence-electron chi connectivity index (χ1n) is 2.78. The summed E-state index contributed by atoms with van der Waals surface area (Å²) in [5, 5.41) is 0. The van der Waals surface area contributed by atoms with E-state index in [4.69, 9.17) is 15.3 Å². The van der Waals surface area contributed by atoms with Gasteiger partial charge in [0.05, 0.1) is 5.54 Å². The van der Waals surface area contributed by atoms with Gasteiger partial charge in [0, 0.05) is 14.2 Å². The Morgan fingerprint density at radius 2 is 1.89 bits per heavy atom. The Labute approximate surface area is 58.0 Å². The SMILES string of the molecule is C#CC(C)[SiH](OC)OC. The lowest BCUT2D eigenvalue weighted by molar-refractivity contribution is 0.273. The Kier molecular flexibility index (Phi) is 4.41. The molecule has 9 heavy (non-hydrogen) atoms. The molecule has 0 fully saturated rings.